The van der Waals surface area contributed by atoms with E-state index in [9.17, 15) is 9.59 Å². The lowest BCUT2D eigenvalue weighted by molar-refractivity contribution is 0.287. The first-order chi connectivity index (χ1) is 8.56. The second kappa shape index (κ2) is 4.00. The highest BCUT2D eigenvalue weighted by Gasteiger charge is 2.39. The van der Waals surface area contributed by atoms with Gasteiger partial charge in [-0.2, -0.15) is 0 Å². The van der Waals surface area contributed by atoms with E-state index in [0.29, 0.717) is 18.4 Å². The van der Waals surface area contributed by atoms with Crippen molar-refractivity contribution in [1.29, 1.82) is 0 Å². The predicted molar refractivity (Wildman–Crippen MR) is 69.3 cm³/mol. The number of rotatable bonds is 2. The number of hydrogen-bond donors (Lipinski definition) is 1. The Hall–Kier alpha value is -1.52. The zero-order chi connectivity index (χ0) is 12.9. The molecule has 3 rings (SSSR count). The average molecular weight is 249 g/mol. The third kappa shape index (κ3) is 1.69. The highest BCUT2D eigenvalue weighted by atomic mass is 16.2. The van der Waals surface area contributed by atoms with Gasteiger partial charge in [-0.15, -0.1) is 0 Å². The number of aryl methyl sites for hydroxylation is 1. The lowest BCUT2D eigenvalue weighted by Crippen LogP contribution is -2.41. The smallest absolute Gasteiger partial charge is 0.330 e. The molecule has 2 fully saturated rings. The molecule has 3 unspecified atom stereocenters. The summed E-state index contributed by atoms with van der Waals surface area (Å²) >= 11 is 0. The van der Waals surface area contributed by atoms with E-state index in [1.165, 1.54) is 34.6 Å². The number of anilines is 1. The maximum atomic E-state index is 12.0. The van der Waals surface area contributed by atoms with Crippen molar-refractivity contribution in [3.63, 3.8) is 0 Å². The molecular weight excluding hydrogens is 230 g/mol. The zero-order valence-corrected chi connectivity index (χ0v) is 10.6. The molecular formula is C13H19N3O2. The number of fused-ring (bicyclic) bond motifs is 2. The number of nitrogen functional groups attached to an aromatic ring is 1. The number of nitrogens with two attached hydrogens (primary N) is 1. The Morgan fingerprint density at radius 3 is 2.72 bits per heavy atom. The number of nitrogens with zero attached hydrogens (tertiary/aromatic N) is 2. The quantitative estimate of drug-likeness (QED) is 0.832. The van der Waals surface area contributed by atoms with Gasteiger partial charge in [-0.25, -0.2) is 4.79 Å². The second-order valence-electron chi connectivity index (χ2n) is 5.83. The molecule has 98 valence electrons. The van der Waals surface area contributed by atoms with Crippen molar-refractivity contribution < 1.29 is 0 Å². The van der Waals surface area contributed by atoms with Gasteiger partial charge in [0.15, 0.2) is 0 Å². The molecule has 1 aromatic rings. The van der Waals surface area contributed by atoms with Crippen molar-refractivity contribution in [2.45, 2.75) is 32.2 Å². The summed E-state index contributed by atoms with van der Waals surface area (Å²) in [5, 5.41) is 0. The maximum Gasteiger partial charge on any atom is 0.330 e. The van der Waals surface area contributed by atoms with Crippen molar-refractivity contribution >= 4 is 5.69 Å². The monoisotopic (exact) mass is 249 g/mol. The Balaban J connectivity index is 1.94. The fourth-order valence-electron chi connectivity index (χ4n) is 3.75. The van der Waals surface area contributed by atoms with E-state index in [4.69, 9.17) is 5.73 Å². The summed E-state index contributed by atoms with van der Waals surface area (Å²) in [6, 6.07) is 0. The highest BCUT2D eigenvalue weighted by molar-refractivity contribution is 5.30. The minimum absolute atomic E-state index is 0.153. The van der Waals surface area contributed by atoms with Crippen LogP contribution in [0.2, 0.25) is 0 Å². The third-order valence-corrected chi connectivity index (χ3v) is 4.66. The molecule has 0 aromatic carbocycles. The summed E-state index contributed by atoms with van der Waals surface area (Å²) in [5.74, 6) is 2.00. The summed E-state index contributed by atoms with van der Waals surface area (Å²) in [6.45, 7) is 0.539. The molecule has 18 heavy (non-hydrogen) atoms. The van der Waals surface area contributed by atoms with Crippen molar-refractivity contribution in [3.8, 4) is 0 Å². The second-order valence-corrected chi connectivity index (χ2v) is 5.83. The van der Waals surface area contributed by atoms with E-state index < -0.39 is 0 Å². The van der Waals surface area contributed by atoms with Gasteiger partial charge in [0, 0.05) is 19.8 Å². The fourth-order valence-corrected chi connectivity index (χ4v) is 3.75. The summed E-state index contributed by atoms with van der Waals surface area (Å²) in [5.41, 5.74) is 5.22. The minimum atomic E-state index is -0.333. The van der Waals surface area contributed by atoms with Gasteiger partial charge < -0.3 is 10.3 Å². The molecule has 2 aliphatic rings. The van der Waals surface area contributed by atoms with E-state index in [-0.39, 0.29) is 16.9 Å². The molecule has 0 spiro atoms. The molecule has 3 atom stereocenters. The molecule has 0 amide bonds. The zero-order valence-electron chi connectivity index (χ0n) is 10.6. The molecule has 2 saturated carbocycles. The average Bonchev–Trinajstić information content (AvgIpc) is 2.94. The molecule has 2 aliphatic carbocycles. The molecule has 1 aromatic heterocycles. The Labute approximate surface area is 105 Å². The Kier molecular flexibility index (Phi) is 2.57. The van der Waals surface area contributed by atoms with Crippen molar-refractivity contribution in [1.82, 2.24) is 9.13 Å². The highest BCUT2D eigenvalue weighted by Crippen LogP contribution is 2.48. The van der Waals surface area contributed by atoms with Gasteiger partial charge in [0.05, 0.1) is 0 Å². The third-order valence-electron chi connectivity index (χ3n) is 4.66. The van der Waals surface area contributed by atoms with Crippen LogP contribution in [0.1, 0.15) is 25.7 Å². The van der Waals surface area contributed by atoms with Gasteiger partial charge >= 0.3 is 5.69 Å². The molecule has 2 bridgehead atoms. The molecule has 5 nitrogen and oxygen atoms in total. The van der Waals surface area contributed by atoms with Gasteiger partial charge in [0.2, 0.25) is 0 Å². The van der Waals surface area contributed by atoms with Crippen LogP contribution in [0.3, 0.4) is 0 Å². The fraction of sp³-hybridized carbons (Fsp3) is 0.692. The van der Waals surface area contributed by atoms with Crippen molar-refractivity contribution in [2.24, 2.45) is 24.8 Å². The van der Waals surface area contributed by atoms with Crippen molar-refractivity contribution in [3.05, 3.63) is 27.0 Å². The lowest BCUT2D eigenvalue weighted by Gasteiger charge is -2.22. The van der Waals surface area contributed by atoms with Gasteiger partial charge in [0.25, 0.3) is 5.56 Å². The van der Waals surface area contributed by atoms with Crippen LogP contribution in [-0.2, 0) is 13.6 Å². The molecule has 2 N–H and O–H groups in total. The van der Waals surface area contributed by atoms with E-state index in [1.807, 2.05) is 0 Å². The Bertz CT molecular complexity index is 553. The maximum absolute atomic E-state index is 12.0. The van der Waals surface area contributed by atoms with Crippen LogP contribution in [0.4, 0.5) is 5.69 Å². The van der Waals surface area contributed by atoms with E-state index in [2.05, 4.69) is 0 Å². The van der Waals surface area contributed by atoms with E-state index >= 15 is 0 Å². The normalized spacial score (nSPS) is 29.9. The summed E-state index contributed by atoms with van der Waals surface area (Å²) in [7, 11) is 1.63. The van der Waals surface area contributed by atoms with Crippen molar-refractivity contribution in [2.75, 3.05) is 5.73 Å². The predicted octanol–water partition coefficient (Wildman–Crippen LogP) is 0.565. The van der Waals surface area contributed by atoms with Crippen LogP contribution in [0.5, 0.6) is 0 Å². The molecule has 0 saturated heterocycles. The van der Waals surface area contributed by atoms with Crippen LogP contribution in [-0.4, -0.2) is 9.13 Å². The molecule has 0 aliphatic heterocycles. The topological polar surface area (TPSA) is 70.0 Å². The van der Waals surface area contributed by atoms with Crippen LogP contribution < -0.4 is 17.0 Å². The summed E-state index contributed by atoms with van der Waals surface area (Å²) in [4.78, 5) is 24.0. The standard InChI is InChI=1S/C13H19N3O2/c1-15-7-11(14)12(17)16(13(15)18)6-10-5-8-2-3-9(10)4-8/h7-10H,2-6,14H2,1H3. The minimum Gasteiger partial charge on any atom is -0.393 e. The largest absolute Gasteiger partial charge is 0.393 e. The molecule has 5 heteroatoms. The van der Waals surface area contributed by atoms with Crippen LogP contribution in [0.15, 0.2) is 15.8 Å². The van der Waals surface area contributed by atoms with Crippen LogP contribution in [0.25, 0.3) is 0 Å². The first kappa shape index (κ1) is 11.6. The molecule has 0 radical (unpaired) electrons. The summed E-state index contributed by atoms with van der Waals surface area (Å²) in [6.07, 6.45) is 6.43. The van der Waals surface area contributed by atoms with E-state index in [0.717, 1.165) is 12.3 Å². The van der Waals surface area contributed by atoms with Crippen LogP contribution >= 0.6 is 0 Å². The SMILES string of the molecule is Cn1cc(N)c(=O)n(CC2CC3CCC2C3)c1=O. The van der Waals surface area contributed by atoms with Gasteiger partial charge in [-0.3, -0.25) is 9.36 Å². The lowest BCUT2D eigenvalue weighted by atomic mass is 9.89. The van der Waals surface area contributed by atoms with Gasteiger partial charge in [-0.05, 0) is 37.0 Å². The number of aromatic nitrogens is 2. The summed E-state index contributed by atoms with van der Waals surface area (Å²) < 4.78 is 2.71. The van der Waals surface area contributed by atoms with Gasteiger partial charge in [-0.1, -0.05) is 6.42 Å². The number of hydrogen-bond acceptors (Lipinski definition) is 3. The first-order valence-electron chi connectivity index (χ1n) is 6.62. The molecule has 1 heterocycles. The Morgan fingerprint density at radius 1 is 1.33 bits per heavy atom. The Morgan fingerprint density at radius 2 is 2.11 bits per heavy atom. The first-order valence-corrected chi connectivity index (χ1v) is 6.62. The van der Waals surface area contributed by atoms with Crippen LogP contribution in [0, 0.1) is 17.8 Å². The van der Waals surface area contributed by atoms with E-state index in [1.54, 1.807) is 7.05 Å². The van der Waals surface area contributed by atoms with Gasteiger partial charge in [0.1, 0.15) is 5.69 Å².